The summed E-state index contributed by atoms with van der Waals surface area (Å²) in [5.41, 5.74) is 12.8. The average Bonchev–Trinajstić information content (AvgIpc) is 2.38. The Morgan fingerprint density at radius 2 is 1.62 bits per heavy atom. The summed E-state index contributed by atoms with van der Waals surface area (Å²) in [4.78, 5) is 8.05. The highest BCUT2D eigenvalue weighted by Gasteiger charge is 1.98. The first-order chi connectivity index (χ1) is 10.0. The number of nitrogens with two attached hydrogens (primary N) is 2. The van der Waals surface area contributed by atoms with Crippen molar-refractivity contribution in [3.8, 4) is 0 Å². The molecule has 108 valence electrons. The van der Waals surface area contributed by atoms with Crippen LogP contribution in [-0.4, -0.2) is 11.9 Å². The number of rotatable bonds is 2. The van der Waals surface area contributed by atoms with E-state index in [2.05, 4.69) is 15.3 Å². The van der Waals surface area contributed by atoms with Gasteiger partial charge in [-0.1, -0.05) is 35.3 Å². The smallest absolute Gasteiger partial charge is 0.223 e. The van der Waals surface area contributed by atoms with E-state index < -0.39 is 0 Å². The molecule has 21 heavy (non-hydrogen) atoms. The zero-order valence-corrected chi connectivity index (χ0v) is 12.4. The van der Waals surface area contributed by atoms with Gasteiger partial charge in [0.05, 0.1) is 5.69 Å². The van der Waals surface area contributed by atoms with Gasteiger partial charge in [-0.15, -0.1) is 0 Å². The molecule has 0 aromatic heterocycles. The van der Waals surface area contributed by atoms with E-state index in [-0.39, 0.29) is 11.9 Å². The predicted molar refractivity (Wildman–Crippen MR) is 89.4 cm³/mol. The summed E-state index contributed by atoms with van der Waals surface area (Å²) in [6, 6.07) is 14.0. The van der Waals surface area contributed by atoms with Crippen molar-refractivity contribution in [1.29, 1.82) is 0 Å². The summed E-state index contributed by atoms with van der Waals surface area (Å²) in [7, 11) is 0. The third kappa shape index (κ3) is 4.98. The van der Waals surface area contributed by atoms with Crippen molar-refractivity contribution >= 4 is 46.5 Å². The van der Waals surface area contributed by atoms with Crippen LogP contribution in [0.15, 0.2) is 58.5 Å². The summed E-state index contributed by atoms with van der Waals surface area (Å²) in [5.74, 6) is 0.129. The quantitative estimate of drug-likeness (QED) is 0.585. The number of aliphatic imine (C=N–C) groups is 2. The summed E-state index contributed by atoms with van der Waals surface area (Å²) in [6.45, 7) is 0. The second-order valence-electron chi connectivity index (χ2n) is 4.08. The van der Waals surface area contributed by atoms with Gasteiger partial charge < -0.3 is 16.8 Å². The molecule has 0 spiro atoms. The number of halogens is 2. The second-order valence-corrected chi connectivity index (χ2v) is 4.96. The highest BCUT2D eigenvalue weighted by Crippen LogP contribution is 2.18. The molecule has 0 radical (unpaired) electrons. The Labute approximate surface area is 132 Å². The van der Waals surface area contributed by atoms with Crippen molar-refractivity contribution in [2.24, 2.45) is 21.5 Å². The van der Waals surface area contributed by atoms with Gasteiger partial charge in [-0.05, 0) is 36.4 Å². The van der Waals surface area contributed by atoms with Crippen molar-refractivity contribution in [2.45, 2.75) is 0 Å². The van der Waals surface area contributed by atoms with Crippen LogP contribution < -0.4 is 16.8 Å². The van der Waals surface area contributed by atoms with Gasteiger partial charge in [0.25, 0.3) is 0 Å². The van der Waals surface area contributed by atoms with Crippen LogP contribution in [0.3, 0.4) is 0 Å². The van der Waals surface area contributed by atoms with Crippen LogP contribution in [0.5, 0.6) is 0 Å². The maximum Gasteiger partial charge on any atom is 0.223 e. The lowest BCUT2D eigenvalue weighted by molar-refractivity contribution is 1.39. The Bertz CT molecular complexity index is 697. The Morgan fingerprint density at radius 3 is 2.29 bits per heavy atom. The molecule has 2 aromatic rings. The maximum atomic E-state index is 5.87. The standard InChI is InChI=1S/C14H13Cl2N5/c15-9-3-1-5-11(7-9)19-13(17)21-14(18)20-12-6-2-4-10(16)8-12/h1-8H,(H5,17,18,19,20,21). The van der Waals surface area contributed by atoms with Gasteiger partial charge in [0.1, 0.15) is 0 Å². The Hall–Kier alpha value is -2.24. The van der Waals surface area contributed by atoms with Gasteiger partial charge in [-0.25, -0.2) is 4.99 Å². The summed E-state index contributed by atoms with van der Waals surface area (Å²) in [6.07, 6.45) is 0. The topological polar surface area (TPSA) is 88.8 Å². The van der Waals surface area contributed by atoms with Crippen LogP contribution in [0.2, 0.25) is 10.0 Å². The number of hydrogen-bond acceptors (Lipinski definition) is 1. The molecule has 0 saturated carbocycles. The molecule has 2 rings (SSSR count). The van der Waals surface area contributed by atoms with Crippen molar-refractivity contribution in [3.63, 3.8) is 0 Å². The number of anilines is 1. The number of benzene rings is 2. The van der Waals surface area contributed by atoms with Crippen LogP contribution in [-0.2, 0) is 0 Å². The predicted octanol–water partition coefficient (Wildman–Crippen LogP) is 3.37. The van der Waals surface area contributed by atoms with E-state index in [0.29, 0.717) is 21.4 Å². The first-order valence-corrected chi connectivity index (χ1v) is 6.75. The molecule has 2 aromatic carbocycles. The minimum Gasteiger partial charge on any atom is -0.369 e. The van der Waals surface area contributed by atoms with Gasteiger partial charge in [0.2, 0.25) is 11.9 Å². The first kappa shape index (κ1) is 15.2. The SMILES string of the molecule is NC(=Nc1cccc(Cl)c1)N=C(N)Nc1cccc(Cl)c1. The highest BCUT2D eigenvalue weighted by molar-refractivity contribution is 6.31. The fourth-order valence-corrected chi connectivity index (χ4v) is 1.94. The summed E-state index contributed by atoms with van der Waals surface area (Å²) >= 11 is 11.7. The molecular weight excluding hydrogens is 309 g/mol. The van der Waals surface area contributed by atoms with Crippen LogP contribution in [0.25, 0.3) is 0 Å². The number of nitrogens with one attached hydrogen (secondary N) is 1. The molecule has 0 aliphatic carbocycles. The Kier molecular flexibility index (Phi) is 5.03. The second kappa shape index (κ2) is 6.97. The van der Waals surface area contributed by atoms with E-state index in [0.717, 1.165) is 0 Å². The maximum absolute atomic E-state index is 5.87. The van der Waals surface area contributed by atoms with Crippen LogP contribution in [0.4, 0.5) is 11.4 Å². The third-order valence-corrected chi connectivity index (χ3v) is 2.85. The molecule has 0 unspecified atom stereocenters. The molecule has 0 atom stereocenters. The van der Waals surface area contributed by atoms with Gasteiger partial charge in [0.15, 0.2) is 0 Å². The monoisotopic (exact) mass is 321 g/mol. The number of hydrogen-bond donors (Lipinski definition) is 3. The lowest BCUT2D eigenvalue weighted by Gasteiger charge is -2.05. The molecule has 0 saturated heterocycles. The molecule has 0 aliphatic rings. The molecule has 0 aliphatic heterocycles. The van der Waals surface area contributed by atoms with Crippen LogP contribution in [0, 0.1) is 0 Å². The number of nitrogens with zero attached hydrogens (tertiary/aromatic N) is 2. The van der Waals surface area contributed by atoms with E-state index in [1.165, 1.54) is 0 Å². The van der Waals surface area contributed by atoms with Crippen molar-refractivity contribution in [1.82, 2.24) is 0 Å². The first-order valence-electron chi connectivity index (χ1n) is 5.99. The van der Waals surface area contributed by atoms with Gasteiger partial charge >= 0.3 is 0 Å². The van der Waals surface area contributed by atoms with Gasteiger partial charge in [0, 0.05) is 15.7 Å². The summed E-state index contributed by atoms with van der Waals surface area (Å²) in [5, 5.41) is 4.03. The van der Waals surface area contributed by atoms with E-state index >= 15 is 0 Å². The molecule has 7 heteroatoms. The molecule has 0 bridgehead atoms. The molecule has 0 amide bonds. The zero-order chi connectivity index (χ0) is 15.2. The van der Waals surface area contributed by atoms with E-state index in [1.54, 1.807) is 48.5 Å². The molecule has 0 fully saturated rings. The fraction of sp³-hybridized carbons (Fsp3) is 0. The van der Waals surface area contributed by atoms with Crippen molar-refractivity contribution < 1.29 is 0 Å². The fourth-order valence-electron chi connectivity index (χ4n) is 1.57. The highest BCUT2D eigenvalue weighted by atomic mass is 35.5. The third-order valence-electron chi connectivity index (χ3n) is 2.38. The van der Waals surface area contributed by atoms with Gasteiger partial charge in [-0.2, -0.15) is 4.99 Å². The molecule has 5 nitrogen and oxygen atoms in total. The Morgan fingerprint density at radius 1 is 0.952 bits per heavy atom. The van der Waals surface area contributed by atoms with E-state index in [4.69, 9.17) is 34.7 Å². The number of guanidine groups is 2. The Balaban J connectivity index is 2.11. The van der Waals surface area contributed by atoms with Crippen LogP contribution >= 0.6 is 23.2 Å². The largest absolute Gasteiger partial charge is 0.369 e. The van der Waals surface area contributed by atoms with E-state index in [1.807, 2.05) is 0 Å². The van der Waals surface area contributed by atoms with Crippen molar-refractivity contribution in [2.75, 3.05) is 5.32 Å². The van der Waals surface area contributed by atoms with Crippen LogP contribution in [0.1, 0.15) is 0 Å². The van der Waals surface area contributed by atoms with Crippen molar-refractivity contribution in [3.05, 3.63) is 58.6 Å². The minimum atomic E-state index is 0.0179. The molecule has 0 heterocycles. The zero-order valence-electron chi connectivity index (χ0n) is 10.9. The molecular formula is C14H13Cl2N5. The normalized spacial score (nSPS) is 12.3. The molecule has 5 N–H and O–H groups in total. The lowest BCUT2D eigenvalue weighted by Crippen LogP contribution is -2.26. The van der Waals surface area contributed by atoms with Gasteiger partial charge in [-0.3, -0.25) is 0 Å². The average molecular weight is 322 g/mol. The summed E-state index contributed by atoms with van der Waals surface area (Å²) < 4.78 is 0. The lowest BCUT2D eigenvalue weighted by atomic mass is 10.3. The van der Waals surface area contributed by atoms with E-state index in [9.17, 15) is 0 Å². The minimum absolute atomic E-state index is 0.0179.